The number of benzene rings is 1. The molecule has 0 aliphatic rings. The average molecular weight is 347 g/mol. The van der Waals surface area contributed by atoms with Crippen molar-refractivity contribution in [3.8, 4) is 0 Å². The molecule has 0 aliphatic carbocycles. The van der Waals surface area contributed by atoms with E-state index in [1.807, 2.05) is 29.2 Å². The first-order valence-corrected chi connectivity index (χ1v) is 9.10. The predicted molar refractivity (Wildman–Crippen MR) is 100 cm³/mol. The van der Waals surface area contributed by atoms with E-state index in [1.54, 1.807) is 0 Å². The summed E-state index contributed by atoms with van der Waals surface area (Å²) in [7, 11) is 0. The van der Waals surface area contributed by atoms with Gasteiger partial charge in [-0.3, -0.25) is 4.79 Å². The molecule has 4 heteroatoms. The van der Waals surface area contributed by atoms with E-state index in [2.05, 4.69) is 43.7 Å². The molecule has 1 aromatic carbocycles. The maximum absolute atomic E-state index is 12.5. The zero-order chi connectivity index (χ0) is 17.5. The van der Waals surface area contributed by atoms with Crippen molar-refractivity contribution in [2.24, 2.45) is 0 Å². The van der Waals surface area contributed by atoms with E-state index in [4.69, 9.17) is 11.6 Å². The SMILES string of the molecule is CCCC(=O)N(Cc1cccn1Cc1cccc(Cl)c1)C(C)CC. The van der Waals surface area contributed by atoms with Crippen molar-refractivity contribution < 1.29 is 4.79 Å². The van der Waals surface area contributed by atoms with Gasteiger partial charge in [-0.05, 0) is 49.6 Å². The monoisotopic (exact) mass is 346 g/mol. The molecule has 2 rings (SSSR count). The van der Waals surface area contributed by atoms with Crippen molar-refractivity contribution >= 4 is 17.5 Å². The zero-order valence-electron chi connectivity index (χ0n) is 14.8. The molecule has 1 aromatic heterocycles. The van der Waals surface area contributed by atoms with E-state index < -0.39 is 0 Å². The molecule has 24 heavy (non-hydrogen) atoms. The summed E-state index contributed by atoms with van der Waals surface area (Å²) >= 11 is 6.08. The van der Waals surface area contributed by atoms with Crippen molar-refractivity contribution in [3.05, 3.63) is 58.9 Å². The number of carbonyl (C=O) groups excluding carboxylic acids is 1. The fourth-order valence-electron chi connectivity index (χ4n) is 2.82. The number of amides is 1. The molecule has 2 aromatic rings. The first kappa shape index (κ1) is 18.6. The standard InChI is InChI=1S/C20H27ClN2O/c1-4-8-20(24)23(16(3)5-2)15-19-11-7-12-22(19)14-17-9-6-10-18(21)13-17/h6-7,9-13,16H,4-5,8,14-15H2,1-3H3. The largest absolute Gasteiger partial charge is 0.345 e. The van der Waals surface area contributed by atoms with Crippen LogP contribution in [0.4, 0.5) is 0 Å². The van der Waals surface area contributed by atoms with Crippen molar-refractivity contribution in [1.82, 2.24) is 9.47 Å². The zero-order valence-corrected chi connectivity index (χ0v) is 15.6. The van der Waals surface area contributed by atoms with Gasteiger partial charge >= 0.3 is 0 Å². The highest BCUT2D eigenvalue weighted by atomic mass is 35.5. The van der Waals surface area contributed by atoms with Gasteiger partial charge in [0.2, 0.25) is 5.91 Å². The van der Waals surface area contributed by atoms with Crippen LogP contribution in [0.15, 0.2) is 42.6 Å². The summed E-state index contributed by atoms with van der Waals surface area (Å²) in [4.78, 5) is 14.5. The molecule has 1 heterocycles. The third-order valence-corrected chi connectivity index (χ3v) is 4.64. The van der Waals surface area contributed by atoms with Crippen molar-refractivity contribution in [1.29, 1.82) is 0 Å². The molecule has 0 saturated heterocycles. The Morgan fingerprint density at radius 1 is 1.25 bits per heavy atom. The first-order chi connectivity index (χ1) is 11.5. The van der Waals surface area contributed by atoms with E-state index in [-0.39, 0.29) is 11.9 Å². The van der Waals surface area contributed by atoms with Crippen LogP contribution >= 0.6 is 11.6 Å². The van der Waals surface area contributed by atoms with Gasteiger partial charge in [0.25, 0.3) is 0 Å². The number of rotatable bonds is 8. The summed E-state index contributed by atoms with van der Waals surface area (Å²) in [6.07, 6.45) is 4.52. The molecule has 0 N–H and O–H groups in total. The summed E-state index contributed by atoms with van der Waals surface area (Å²) in [6.45, 7) is 7.72. The molecule has 0 fully saturated rings. The number of aromatic nitrogens is 1. The van der Waals surface area contributed by atoms with E-state index in [0.29, 0.717) is 13.0 Å². The number of carbonyl (C=O) groups is 1. The van der Waals surface area contributed by atoms with Crippen LogP contribution in [-0.2, 0) is 17.9 Å². The fourth-order valence-corrected chi connectivity index (χ4v) is 3.03. The Bertz CT molecular complexity index is 665. The number of halogens is 1. The highest BCUT2D eigenvalue weighted by Gasteiger charge is 2.19. The van der Waals surface area contributed by atoms with E-state index >= 15 is 0 Å². The number of nitrogens with zero attached hydrogens (tertiary/aromatic N) is 2. The molecule has 0 spiro atoms. The lowest BCUT2D eigenvalue weighted by atomic mass is 10.1. The number of hydrogen-bond donors (Lipinski definition) is 0. The normalized spacial score (nSPS) is 12.2. The Hall–Kier alpha value is -1.74. The molecule has 0 aliphatic heterocycles. The highest BCUT2D eigenvalue weighted by molar-refractivity contribution is 6.30. The molecule has 0 radical (unpaired) electrons. The Morgan fingerprint density at radius 3 is 2.71 bits per heavy atom. The van der Waals surface area contributed by atoms with Crippen LogP contribution in [0.2, 0.25) is 5.02 Å². The molecule has 1 amide bonds. The molecule has 1 atom stereocenters. The van der Waals surface area contributed by atoms with Gasteiger partial charge in [0.15, 0.2) is 0 Å². The Labute approximate surface area is 150 Å². The minimum Gasteiger partial charge on any atom is -0.345 e. The minimum absolute atomic E-state index is 0.238. The molecular formula is C20H27ClN2O. The van der Waals surface area contributed by atoms with Crippen LogP contribution in [0, 0.1) is 0 Å². The predicted octanol–water partition coefficient (Wildman–Crippen LogP) is 5.12. The van der Waals surface area contributed by atoms with Gasteiger partial charge in [-0.1, -0.05) is 37.6 Å². The molecule has 0 saturated carbocycles. The lowest BCUT2D eigenvalue weighted by Gasteiger charge is -2.29. The molecule has 1 unspecified atom stereocenters. The number of hydrogen-bond acceptors (Lipinski definition) is 1. The minimum atomic E-state index is 0.238. The maximum atomic E-state index is 12.5. The second kappa shape index (κ2) is 8.93. The highest BCUT2D eigenvalue weighted by Crippen LogP contribution is 2.17. The average Bonchev–Trinajstić information content (AvgIpc) is 2.99. The van der Waals surface area contributed by atoms with Crippen molar-refractivity contribution in [2.45, 2.75) is 59.2 Å². The summed E-state index contributed by atoms with van der Waals surface area (Å²) in [6, 6.07) is 12.3. The third-order valence-electron chi connectivity index (χ3n) is 4.40. The van der Waals surface area contributed by atoms with E-state index in [0.717, 1.165) is 35.7 Å². The van der Waals surface area contributed by atoms with Crippen LogP contribution in [0.5, 0.6) is 0 Å². The Kier molecular flexibility index (Phi) is 6.92. The quantitative estimate of drug-likeness (QED) is 0.651. The van der Waals surface area contributed by atoms with Gasteiger partial charge in [0, 0.05) is 35.9 Å². The second-order valence-corrected chi connectivity index (χ2v) is 6.72. The fraction of sp³-hybridized carbons (Fsp3) is 0.450. The van der Waals surface area contributed by atoms with Crippen LogP contribution < -0.4 is 0 Å². The van der Waals surface area contributed by atoms with Gasteiger partial charge in [-0.25, -0.2) is 0 Å². The van der Waals surface area contributed by atoms with Crippen LogP contribution in [0.1, 0.15) is 51.3 Å². The molecule has 130 valence electrons. The summed E-state index contributed by atoms with van der Waals surface area (Å²) in [5, 5.41) is 0.751. The van der Waals surface area contributed by atoms with Crippen molar-refractivity contribution in [3.63, 3.8) is 0 Å². The van der Waals surface area contributed by atoms with Gasteiger partial charge in [0.1, 0.15) is 0 Å². The first-order valence-electron chi connectivity index (χ1n) is 8.73. The second-order valence-electron chi connectivity index (χ2n) is 6.29. The van der Waals surface area contributed by atoms with Gasteiger partial charge in [-0.2, -0.15) is 0 Å². The van der Waals surface area contributed by atoms with Gasteiger partial charge in [-0.15, -0.1) is 0 Å². The van der Waals surface area contributed by atoms with E-state index in [1.165, 1.54) is 0 Å². The topological polar surface area (TPSA) is 25.2 Å². The summed E-state index contributed by atoms with van der Waals surface area (Å²) in [5.74, 6) is 0.238. The van der Waals surface area contributed by atoms with Gasteiger partial charge in [0.05, 0.1) is 6.54 Å². The third kappa shape index (κ3) is 4.88. The van der Waals surface area contributed by atoms with E-state index in [9.17, 15) is 4.79 Å². The smallest absolute Gasteiger partial charge is 0.223 e. The van der Waals surface area contributed by atoms with Crippen molar-refractivity contribution in [2.75, 3.05) is 0 Å². The summed E-state index contributed by atoms with van der Waals surface area (Å²) in [5.41, 5.74) is 2.31. The van der Waals surface area contributed by atoms with Gasteiger partial charge < -0.3 is 9.47 Å². The summed E-state index contributed by atoms with van der Waals surface area (Å²) < 4.78 is 2.19. The molecular weight excluding hydrogens is 320 g/mol. The van der Waals surface area contributed by atoms with Crippen LogP contribution in [-0.4, -0.2) is 21.4 Å². The van der Waals surface area contributed by atoms with Crippen LogP contribution in [0.3, 0.4) is 0 Å². The molecule has 3 nitrogen and oxygen atoms in total. The molecule has 0 bridgehead atoms. The van der Waals surface area contributed by atoms with Crippen LogP contribution in [0.25, 0.3) is 0 Å². The Morgan fingerprint density at radius 2 is 2.04 bits per heavy atom. The lowest BCUT2D eigenvalue weighted by molar-refractivity contribution is -0.134. The lowest BCUT2D eigenvalue weighted by Crippen LogP contribution is -2.38. The Balaban J connectivity index is 2.16. The maximum Gasteiger partial charge on any atom is 0.223 e.